The van der Waals surface area contributed by atoms with E-state index >= 15 is 4.79 Å². The van der Waals surface area contributed by atoms with Crippen molar-refractivity contribution in [2.24, 2.45) is 17.6 Å². The standard InChI is InChI=1S/C47H50N8O/c1-6-22-54(23-7-2)45-27-14-10-18-31(49)36(27)41(37-28(45)15-11-19-32(37)50)43-40(35(26-48)53-5)44(47(43)56)42-38-29(16-12-20-33(38)51)46(55(24-8-3)25-9-4)30-17-13-21-34(52)39(30)42/h10-21,27,36,48H,6-9,22-25,49H2,1-4H3,(H5-,50,51,52,56)/p+1. The van der Waals surface area contributed by atoms with Crippen molar-refractivity contribution in [3.63, 3.8) is 0 Å². The summed E-state index contributed by atoms with van der Waals surface area (Å²) in [5.41, 5.74) is 35.9. The first kappa shape index (κ1) is 37.9. The molecule has 0 bridgehead atoms. The molecule has 2 unspecified atom stereocenters. The zero-order chi connectivity index (χ0) is 39.8. The first-order valence-electron chi connectivity index (χ1n) is 19.8. The van der Waals surface area contributed by atoms with E-state index in [4.69, 9.17) is 34.9 Å². The first-order chi connectivity index (χ1) is 27.2. The summed E-state index contributed by atoms with van der Waals surface area (Å²) in [4.78, 5) is 21.7. The van der Waals surface area contributed by atoms with E-state index < -0.39 is 5.92 Å². The maximum Gasteiger partial charge on any atom is 0.254 e. The van der Waals surface area contributed by atoms with Crippen molar-refractivity contribution in [3.05, 3.63) is 123 Å². The Morgan fingerprint density at radius 3 is 1.96 bits per heavy atom. The Balaban J connectivity index is 1.68. The Kier molecular flexibility index (Phi) is 10.4. The van der Waals surface area contributed by atoms with Gasteiger partial charge in [0.05, 0.1) is 23.7 Å². The average Bonchev–Trinajstić information content (AvgIpc) is 3.18. The van der Waals surface area contributed by atoms with Gasteiger partial charge in [0.1, 0.15) is 13.1 Å². The lowest BCUT2D eigenvalue weighted by Crippen LogP contribution is -2.42. The third kappa shape index (κ3) is 5.80. The highest BCUT2D eigenvalue weighted by atomic mass is 16.1. The Morgan fingerprint density at radius 1 is 0.821 bits per heavy atom. The van der Waals surface area contributed by atoms with Crippen LogP contribution in [-0.2, 0) is 4.79 Å². The molecular formula is C47H51N8O+. The number of carbonyl (C=O) groups is 1. The fourth-order valence-electron chi connectivity index (χ4n) is 9.40. The molecule has 0 spiro atoms. The largest absolute Gasteiger partial charge is 0.402 e. The van der Waals surface area contributed by atoms with Gasteiger partial charge in [0.2, 0.25) is 0 Å². The second-order valence-electron chi connectivity index (χ2n) is 14.9. The molecule has 7 rings (SSSR count). The van der Waals surface area contributed by atoms with Crippen molar-refractivity contribution < 1.29 is 9.37 Å². The number of carbonyl (C=O) groups excluding carboxylic acids is 1. The minimum absolute atomic E-state index is 0.0788. The summed E-state index contributed by atoms with van der Waals surface area (Å²) in [5.74, 6) is 1.50. The number of allylic oxidation sites excluding steroid dienone is 6. The van der Waals surface area contributed by atoms with E-state index in [1.54, 1.807) is 0 Å². The zero-order valence-electron chi connectivity index (χ0n) is 32.8. The van der Waals surface area contributed by atoms with Gasteiger partial charge >= 0.3 is 0 Å². The number of anilines is 4. The number of hydrogen-bond donors (Lipinski definition) is 5. The first-order valence-corrected chi connectivity index (χ1v) is 19.8. The van der Waals surface area contributed by atoms with Crippen molar-refractivity contribution in [2.75, 3.05) is 48.3 Å². The van der Waals surface area contributed by atoms with Crippen LogP contribution < -0.4 is 27.8 Å². The predicted molar refractivity (Wildman–Crippen MR) is 234 cm³/mol. The van der Waals surface area contributed by atoms with E-state index in [1.165, 1.54) is 0 Å². The van der Waals surface area contributed by atoms with E-state index in [9.17, 15) is 0 Å². The minimum Gasteiger partial charge on any atom is -0.402 e. The Labute approximate surface area is 329 Å². The minimum atomic E-state index is -0.445. The van der Waals surface area contributed by atoms with Gasteiger partial charge in [-0.25, -0.2) is 9.42 Å². The number of benzene rings is 4. The van der Waals surface area contributed by atoms with Crippen molar-refractivity contribution in [1.29, 1.82) is 5.41 Å². The number of ketones is 1. The molecule has 56 heavy (non-hydrogen) atoms. The van der Waals surface area contributed by atoms with Crippen LogP contribution in [-0.4, -0.2) is 48.1 Å². The van der Waals surface area contributed by atoms with Gasteiger partial charge in [0.15, 0.2) is 11.5 Å². The molecular weight excluding hydrogens is 693 g/mol. The van der Waals surface area contributed by atoms with E-state index in [-0.39, 0.29) is 17.4 Å². The lowest BCUT2D eigenvalue weighted by molar-refractivity contribution is -0.529. The SMILES string of the molecule is [C-]#[N+]C(=C=N)C1=C(c2c3c(N)cccc3c(N(CCC)CCC)c3cccc(N)c23)C(=O)/C1=C1/c2c(N)cccc2C(=[N+](CCC)CCC)C2C=CC=C(N)C12. The summed E-state index contributed by atoms with van der Waals surface area (Å²) in [6, 6.07) is 17.5. The molecule has 2 atom stereocenters. The number of nitrogens with one attached hydrogen (secondary N) is 1. The molecule has 0 fully saturated rings. The monoisotopic (exact) mass is 743 g/mol. The zero-order valence-corrected chi connectivity index (χ0v) is 32.8. The smallest absolute Gasteiger partial charge is 0.254 e. The number of rotatable bonds is 11. The number of Topliss-reactive ketones (excluding diaryl/α,β-unsaturated/α-hetero) is 1. The highest BCUT2D eigenvalue weighted by Gasteiger charge is 2.50. The highest BCUT2D eigenvalue weighted by Crippen LogP contribution is 2.56. The summed E-state index contributed by atoms with van der Waals surface area (Å²) >= 11 is 0. The second-order valence-corrected chi connectivity index (χ2v) is 14.9. The van der Waals surface area contributed by atoms with Crippen LogP contribution in [0.15, 0.2) is 95.4 Å². The molecule has 0 aromatic heterocycles. The number of fused-ring (bicyclic) bond motifs is 4. The number of nitrogens with two attached hydrogens (primary N) is 4. The second kappa shape index (κ2) is 15.4. The van der Waals surface area contributed by atoms with Crippen LogP contribution in [0, 0.1) is 23.8 Å². The van der Waals surface area contributed by atoms with E-state index in [0.717, 1.165) is 85.2 Å². The lowest BCUT2D eigenvalue weighted by Gasteiger charge is -2.40. The van der Waals surface area contributed by atoms with E-state index in [2.05, 4.69) is 72.2 Å². The van der Waals surface area contributed by atoms with Crippen LogP contribution >= 0.6 is 0 Å². The summed E-state index contributed by atoms with van der Waals surface area (Å²) in [7, 11) is 0. The molecule has 284 valence electrons. The Morgan fingerprint density at radius 2 is 1.41 bits per heavy atom. The lowest BCUT2D eigenvalue weighted by atomic mass is 9.62. The van der Waals surface area contributed by atoms with Gasteiger partial charge in [0, 0.05) is 104 Å². The van der Waals surface area contributed by atoms with Crippen LogP contribution in [0.3, 0.4) is 0 Å². The van der Waals surface area contributed by atoms with Gasteiger partial charge in [0.25, 0.3) is 5.70 Å². The van der Waals surface area contributed by atoms with Gasteiger partial charge < -0.3 is 27.8 Å². The molecule has 0 aliphatic heterocycles. The normalized spacial score (nSPS) is 18.6. The molecule has 0 radical (unpaired) electrons. The van der Waals surface area contributed by atoms with Crippen molar-refractivity contribution in [3.8, 4) is 0 Å². The summed E-state index contributed by atoms with van der Waals surface area (Å²) in [6.45, 7) is 20.3. The van der Waals surface area contributed by atoms with E-state index in [0.29, 0.717) is 61.4 Å². The maximum absolute atomic E-state index is 15.5. The third-order valence-electron chi connectivity index (χ3n) is 11.4. The van der Waals surface area contributed by atoms with Gasteiger partial charge in [-0.15, -0.1) is 0 Å². The molecule has 9 heteroatoms. The van der Waals surface area contributed by atoms with Crippen LogP contribution in [0.1, 0.15) is 70.1 Å². The summed E-state index contributed by atoms with van der Waals surface area (Å²) in [5, 5.41) is 11.6. The van der Waals surface area contributed by atoms with Gasteiger partial charge in [-0.2, -0.15) is 0 Å². The fraction of sp³-hybridized carbons (Fsp3) is 0.298. The molecule has 0 saturated carbocycles. The average molecular weight is 744 g/mol. The van der Waals surface area contributed by atoms with Crippen molar-refractivity contribution in [1.82, 2.24) is 0 Å². The highest BCUT2D eigenvalue weighted by molar-refractivity contribution is 6.48. The van der Waals surface area contributed by atoms with Crippen molar-refractivity contribution in [2.45, 2.75) is 53.4 Å². The molecule has 0 amide bonds. The molecule has 0 heterocycles. The van der Waals surface area contributed by atoms with Gasteiger partial charge in [-0.1, -0.05) is 70.2 Å². The van der Waals surface area contributed by atoms with Crippen LogP contribution in [0.5, 0.6) is 0 Å². The molecule has 3 aliphatic carbocycles. The van der Waals surface area contributed by atoms with Crippen LogP contribution in [0.4, 0.5) is 22.7 Å². The summed E-state index contributed by atoms with van der Waals surface area (Å²) in [6.07, 6.45) is 9.83. The molecule has 4 aromatic carbocycles. The fourth-order valence-corrected chi connectivity index (χ4v) is 9.40. The van der Waals surface area contributed by atoms with Crippen LogP contribution in [0.2, 0.25) is 0 Å². The van der Waals surface area contributed by atoms with Crippen LogP contribution in [0.25, 0.3) is 37.5 Å². The topological polar surface area (TPSA) is 156 Å². The quantitative estimate of drug-likeness (QED) is 0.0259. The van der Waals surface area contributed by atoms with Gasteiger partial charge in [-0.05, 0) is 54.6 Å². The molecule has 4 aromatic rings. The van der Waals surface area contributed by atoms with E-state index in [1.807, 2.05) is 48.6 Å². The molecule has 0 saturated heterocycles. The van der Waals surface area contributed by atoms with Crippen molar-refractivity contribution >= 4 is 72.8 Å². The Hall–Kier alpha value is -6.36. The number of nitrogen functional groups attached to an aromatic ring is 3. The molecule has 3 aliphatic rings. The maximum atomic E-state index is 15.5. The molecule has 9 N–H and O–H groups in total. The van der Waals surface area contributed by atoms with Gasteiger partial charge in [-0.3, -0.25) is 10.2 Å². The number of hydrogen-bond acceptors (Lipinski definition) is 7. The summed E-state index contributed by atoms with van der Waals surface area (Å²) < 4.78 is 2.43. The third-order valence-corrected chi connectivity index (χ3v) is 11.4. The Bertz CT molecular complexity index is 2500. The molecule has 9 nitrogen and oxygen atoms in total. The number of nitrogens with zero attached hydrogens (tertiary/aromatic N) is 3. The predicted octanol–water partition coefficient (Wildman–Crippen LogP) is 8.49.